The first-order valence-electron chi connectivity index (χ1n) is 3.75. The molecule has 0 bridgehead atoms. The van der Waals surface area contributed by atoms with Crippen LogP contribution in [0.15, 0.2) is 16.6 Å². The van der Waals surface area contributed by atoms with Crippen molar-refractivity contribution >= 4 is 56.1 Å². The third kappa shape index (κ3) is 2.84. The van der Waals surface area contributed by atoms with Gasteiger partial charge in [0.15, 0.2) is 0 Å². The summed E-state index contributed by atoms with van der Waals surface area (Å²) in [5, 5.41) is 0.642. The van der Waals surface area contributed by atoms with Gasteiger partial charge in [-0.3, -0.25) is 4.79 Å². The van der Waals surface area contributed by atoms with Crippen molar-refractivity contribution in [3.63, 3.8) is 0 Å². The maximum Gasteiger partial charge on any atom is 0.310 e. The van der Waals surface area contributed by atoms with Crippen molar-refractivity contribution in [1.82, 2.24) is 0 Å². The van der Waals surface area contributed by atoms with Crippen LogP contribution in [0.25, 0.3) is 0 Å². The number of rotatable bonds is 2. The molecule has 0 fully saturated rings. The lowest BCUT2D eigenvalue weighted by Crippen LogP contribution is -2.06. The van der Waals surface area contributed by atoms with E-state index in [1.807, 2.05) is 6.07 Å². The maximum absolute atomic E-state index is 11.1. The molecular weight excluding hydrogens is 382 g/mol. The van der Waals surface area contributed by atoms with Crippen molar-refractivity contribution < 1.29 is 9.53 Å². The number of esters is 1. The molecule has 1 rings (SSSR count). The molecule has 0 aromatic heterocycles. The van der Waals surface area contributed by atoms with Gasteiger partial charge in [0.2, 0.25) is 0 Å². The van der Waals surface area contributed by atoms with E-state index in [0.717, 1.165) is 13.6 Å². The first kappa shape index (κ1) is 12.3. The van der Waals surface area contributed by atoms with Gasteiger partial charge in [-0.2, -0.15) is 0 Å². The number of carbonyl (C=O) groups is 1. The van der Waals surface area contributed by atoms with Gasteiger partial charge in [0, 0.05) is 8.04 Å². The topological polar surface area (TPSA) is 26.3 Å². The molecule has 2 nitrogen and oxygen atoms in total. The number of ether oxygens (including phenoxy) is 1. The van der Waals surface area contributed by atoms with Gasteiger partial charge in [0.1, 0.15) is 0 Å². The highest BCUT2D eigenvalue weighted by atomic mass is 127. The van der Waals surface area contributed by atoms with Crippen molar-refractivity contribution in [1.29, 1.82) is 0 Å². The normalized spacial score (nSPS) is 10.0. The van der Waals surface area contributed by atoms with E-state index >= 15 is 0 Å². The van der Waals surface area contributed by atoms with E-state index < -0.39 is 0 Å². The van der Waals surface area contributed by atoms with Gasteiger partial charge in [-0.15, -0.1) is 0 Å². The smallest absolute Gasteiger partial charge is 0.310 e. The highest BCUT2D eigenvalue weighted by Crippen LogP contribution is 2.30. The molecule has 0 atom stereocenters. The minimum atomic E-state index is -0.253. The van der Waals surface area contributed by atoms with E-state index in [0.29, 0.717) is 5.02 Å². The minimum Gasteiger partial charge on any atom is -0.469 e. The van der Waals surface area contributed by atoms with Crippen molar-refractivity contribution in [3.8, 4) is 0 Å². The van der Waals surface area contributed by atoms with E-state index in [1.54, 1.807) is 6.07 Å². The van der Waals surface area contributed by atoms with Crippen LogP contribution in [-0.2, 0) is 16.0 Å². The van der Waals surface area contributed by atoms with Crippen LogP contribution in [0.4, 0.5) is 0 Å². The molecule has 0 saturated heterocycles. The van der Waals surface area contributed by atoms with Crippen molar-refractivity contribution in [2.24, 2.45) is 0 Å². The molecule has 1 aromatic carbocycles. The summed E-state index contributed by atoms with van der Waals surface area (Å²) in [6, 6.07) is 3.58. The van der Waals surface area contributed by atoms with Gasteiger partial charge in [-0.1, -0.05) is 17.7 Å². The highest BCUT2D eigenvalue weighted by Gasteiger charge is 2.11. The lowest BCUT2D eigenvalue weighted by atomic mass is 10.1. The molecule has 0 heterocycles. The number of methoxy groups -OCH3 is 1. The second kappa shape index (κ2) is 5.32. The number of halogens is 3. The third-order valence-electron chi connectivity index (χ3n) is 1.68. The second-order valence-electron chi connectivity index (χ2n) is 2.59. The molecule has 0 amide bonds. The fourth-order valence-corrected chi connectivity index (χ4v) is 2.29. The summed E-state index contributed by atoms with van der Waals surface area (Å²) in [5.74, 6) is -0.253. The predicted molar refractivity (Wildman–Crippen MR) is 67.6 cm³/mol. The summed E-state index contributed by atoms with van der Waals surface area (Å²) < 4.78 is 6.35. The van der Waals surface area contributed by atoms with Gasteiger partial charge in [-0.05, 0) is 50.2 Å². The summed E-state index contributed by atoms with van der Waals surface area (Å²) in [4.78, 5) is 11.1. The molecule has 0 unspecified atom stereocenters. The van der Waals surface area contributed by atoms with Crippen LogP contribution >= 0.6 is 50.1 Å². The molecule has 5 heteroatoms. The van der Waals surface area contributed by atoms with Gasteiger partial charge < -0.3 is 4.74 Å². The Morgan fingerprint density at radius 1 is 1.64 bits per heavy atom. The van der Waals surface area contributed by atoms with E-state index in [2.05, 4.69) is 43.3 Å². The molecule has 0 N–H and O–H groups in total. The van der Waals surface area contributed by atoms with Crippen LogP contribution in [0.5, 0.6) is 0 Å². The van der Waals surface area contributed by atoms with Crippen LogP contribution in [0.2, 0.25) is 5.02 Å². The summed E-state index contributed by atoms with van der Waals surface area (Å²) in [6.45, 7) is 0. The molecule has 0 aliphatic carbocycles. The molecular formula is C9H7BrClIO2. The average Bonchev–Trinajstić information content (AvgIpc) is 2.19. The maximum atomic E-state index is 11.1. The molecule has 76 valence electrons. The zero-order valence-corrected chi connectivity index (χ0v) is 11.8. The average molecular weight is 389 g/mol. The molecule has 0 radical (unpaired) electrons. The second-order valence-corrected chi connectivity index (χ2v) is 4.87. The highest BCUT2D eigenvalue weighted by molar-refractivity contribution is 14.1. The summed E-state index contributed by atoms with van der Waals surface area (Å²) in [5.41, 5.74) is 0.911. The number of carbonyl (C=O) groups excluding carboxylic acids is 1. The van der Waals surface area contributed by atoms with Crippen LogP contribution in [0.1, 0.15) is 5.56 Å². The van der Waals surface area contributed by atoms with Gasteiger partial charge in [0.05, 0.1) is 18.6 Å². The van der Waals surface area contributed by atoms with Gasteiger partial charge in [0.25, 0.3) is 0 Å². The Morgan fingerprint density at radius 2 is 2.29 bits per heavy atom. The Balaban J connectivity index is 3.00. The molecule has 0 aliphatic heterocycles. The zero-order valence-electron chi connectivity index (χ0n) is 7.31. The molecule has 0 spiro atoms. The molecule has 1 aromatic rings. The summed E-state index contributed by atoms with van der Waals surface area (Å²) >= 11 is 11.4. The van der Waals surface area contributed by atoms with Gasteiger partial charge >= 0.3 is 5.97 Å². The summed E-state index contributed by atoms with van der Waals surface area (Å²) in [6.07, 6.45) is 0.268. The first-order chi connectivity index (χ1) is 6.56. The molecule has 0 saturated carbocycles. The van der Waals surface area contributed by atoms with E-state index in [9.17, 15) is 4.79 Å². The number of benzene rings is 1. The van der Waals surface area contributed by atoms with Crippen LogP contribution < -0.4 is 0 Å². The van der Waals surface area contributed by atoms with Crippen molar-refractivity contribution in [3.05, 3.63) is 30.8 Å². The lowest BCUT2D eigenvalue weighted by molar-refractivity contribution is -0.139. The van der Waals surface area contributed by atoms with Crippen LogP contribution in [-0.4, -0.2) is 13.1 Å². The monoisotopic (exact) mass is 388 g/mol. The van der Waals surface area contributed by atoms with Gasteiger partial charge in [-0.25, -0.2) is 0 Å². The largest absolute Gasteiger partial charge is 0.469 e. The van der Waals surface area contributed by atoms with Crippen LogP contribution in [0.3, 0.4) is 0 Å². The Kier molecular flexibility index (Phi) is 4.66. The Hall–Kier alpha value is 0.190. The Morgan fingerprint density at radius 3 is 2.86 bits per heavy atom. The van der Waals surface area contributed by atoms with Crippen molar-refractivity contribution in [2.75, 3.05) is 7.11 Å². The number of hydrogen-bond acceptors (Lipinski definition) is 2. The fraction of sp³-hybridized carbons (Fsp3) is 0.222. The van der Waals surface area contributed by atoms with E-state index in [-0.39, 0.29) is 12.4 Å². The van der Waals surface area contributed by atoms with Crippen LogP contribution in [0, 0.1) is 3.57 Å². The Bertz CT molecular complexity index is 368. The predicted octanol–water partition coefficient (Wildman–Crippen LogP) is 3.42. The number of hydrogen-bond donors (Lipinski definition) is 0. The lowest BCUT2D eigenvalue weighted by Gasteiger charge is -2.06. The quantitative estimate of drug-likeness (QED) is 0.440. The van der Waals surface area contributed by atoms with E-state index in [4.69, 9.17) is 11.6 Å². The van der Waals surface area contributed by atoms with E-state index in [1.165, 1.54) is 7.11 Å². The Labute approximate surface area is 109 Å². The SMILES string of the molecule is COC(=O)Cc1ccc(Cl)c(Br)c1I. The minimum absolute atomic E-state index is 0.253. The van der Waals surface area contributed by atoms with Crippen molar-refractivity contribution in [2.45, 2.75) is 6.42 Å². The molecule has 14 heavy (non-hydrogen) atoms. The standard InChI is InChI=1S/C9H7BrClIO2/c1-14-7(13)4-5-2-3-6(11)8(10)9(5)12/h2-3H,4H2,1H3. The fourth-order valence-electron chi connectivity index (χ4n) is 0.930. The third-order valence-corrected chi connectivity index (χ3v) is 5.02. The summed E-state index contributed by atoms with van der Waals surface area (Å²) in [7, 11) is 1.38. The zero-order chi connectivity index (χ0) is 10.7. The first-order valence-corrected chi connectivity index (χ1v) is 6.00. The molecule has 0 aliphatic rings.